The third-order valence-electron chi connectivity index (χ3n) is 4.78. The van der Waals surface area contributed by atoms with E-state index in [9.17, 15) is 10.1 Å². The second-order valence-electron chi connectivity index (χ2n) is 6.74. The van der Waals surface area contributed by atoms with Crippen molar-refractivity contribution in [3.63, 3.8) is 0 Å². The van der Waals surface area contributed by atoms with E-state index in [1.807, 2.05) is 24.6 Å². The predicted molar refractivity (Wildman–Crippen MR) is 95.6 cm³/mol. The molecule has 1 aliphatic heterocycles. The summed E-state index contributed by atoms with van der Waals surface area (Å²) in [5.41, 5.74) is 2.14. The maximum Gasteiger partial charge on any atom is 0.159 e. The molecular formula is C19H23N5O. The molecule has 0 N–H and O–H groups in total. The van der Waals surface area contributed by atoms with Crippen LogP contribution in [0, 0.1) is 31.1 Å². The molecule has 3 rings (SSSR count). The van der Waals surface area contributed by atoms with E-state index in [4.69, 9.17) is 0 Å². The summed E-state index contributed by atoms with van der Waals surface area (Å²) in [7, 11) is 0. The Morgan fingerprint density at radius 1 is 1.40 bits per heavy atom. The van der Waals surface area contributed by atoms with E-state index in [-0.39, 0.29) is 5.78 Å². The number of aryl methyl sites for hydroxylation is 2. The highest BCUT2D eigenvalue weighted by Gasteiger charge is 2.23. The molecule has 0 aliphatic carbocycles. The molecule has 6 nitrogen and oxygen atoms in total. The van der Waals surface area contributed by atoms with Crippen LogP contribution in [0.5, 0.6) is 0 Å². The molecule has 0 radical (unpaired) electrons. The lowest BCUT2D eigenvalue weighted by atomic mass is 9.96. The van der Waals surface area contributed by atoms with Crippen LogP contribution < -0.4 is 4.90 Å². The number of hydrogen-bond donors (Lipinski definition) is 0. The van der Waals surface area contributed by atoms with E-state index >= 15 is 0 Å². The Morgan fingerprint density at radius 3 is 2.84 bits per heavy atom. The van der Waals surface area contributed by atoms with Crippen LogP contribution in [0.1, 0.15) is 47.3 Å². The van der Waals surface area contributed by atoms with Crippen molar-refractivity contribution >= 4 is 11.5 Å². The Kier molecular flexibility index (Phi) is 4.84. The zero-order valence-electron chi connectivity index (χ0n) is 15.0. The van der Waals surface area contributed by atoms with Gasteiger partial charge >= 0.3 is 0 Å². The summed E-state index contributed by atoms with van der Waals surface area (Å²) in [6.45, 7) is 8.03. The zero-order valence-corrected chi connectivity index (χ0v) is 15.0. The Morgan fingerprint density at radius 2 is 2.20 bits per heavy atom. The standard InChI is InChI=1S/C19H23N5O/c1-13(25)17-6-7-18(10-20)19(9-17)23-8-4-5-16(11-23)12-24-15(3)21-14(2)22-24/h6-7,9,16H,4-5,8,11-12H2,1-3H3. The van der Waals surface area contributed by atoms with Gasteiger partial charge in [0.05, 0.1) is 11.3 Å². The van der Waals surface area contributed by atoms with Gasteiger partial charge in [0.1, 0.15) is 17.7 Å². The molecule has 2 heterocycles. The third kappa shape index (κ3) is 3.71. The number of rotatable bonds is 4. The summed E-state index contributed by atoms with van der Waals surface area (Å²) in [6.07, 6.45) is 2.19. The van der Waals surface area contributed by atoms with Crippen molar-refractivity contribution in [1.29, 1.82) is 5.26 Å². The van der Waals surface area contributed by atoms with Crippen molar-refractivity contribution in [2.45, 2.75) is 40.2 Å². The largest absolute Gasteiger partial charge is 0.370 e. The van der Waals surface area contributed by atoms with E-state index < -0.39 is 0 Å². The minimum Gasteiger partial charge on any atom is -0.370 e. The summed E-state index contributed by atoms with van der Waals surface area (Å²) in [6, 6.07) is 7.59. The highest BCUT2D eigenvalue weighted by atomic mass is 16.1. The van der Waals surface area contributed by atoms with E-state index in [1.165, 1.54) is 0 Å². The fourth-order valence-corrected chi connectivity index (χ4v) is 3.52. The molecule has 130 valence electrons. The molecule has 0 amide bonds. The molecule has 1 saturated heterocycles. The number of carbonyl (C=O) groups is 1. The summed E-state index contributed by atoms with van der Waals surface area (Å²) < 4.78 is 1.97. The lowest BCUT2D eigenvalue weighted by molar-refractivity contribution is 0.101. The van der Waals surface area contributed by atoms with Crippen LogP contribution in [0.4, 0.5) is 5.69 Å². The molecule has 1 atom stereocenters. The third-order valence-corrected chi connectivity index (χ3v) is 4.78. The van der Waals surface area contributed by atoms with Gasteiger partial charge in [0.2, 0.25) is 0 Å². The monoisotopic (exact) mass is 337 g/mol. The highest BCUT2D eigenvalue weighted by Crippen LogP contribution is 2.28. The Bertz CT molecular complexity index is 833. The molecule has 1 aliphatic rings. The lowest BCUT2D eigenvalue weighted by Gasteiger charge is -2.35. The average molecular weight is 337 g/mol. The minimum absolute atomic E-state index is 0.0213. The number of aromatic nitrogens is 3. The fourth-order valence-electron chi connectivity index (χ4n) is 3.52. The smallest absolute Gasteiger partial charge is 0.159 e. The minimum atomic E-state index is 0.0213. The Balaban J connectivity index is 1.81. The van der Waals surface area contributed by atoms with Crippen LogP contribution in [-0.2, 0) is 6.54 Å². The number of hydrogen-bond acceptors (Lipinski definition) is 5. The predicted octanol–water partition coefficient (Wildman–Crippen LogP) is 2.89. The van der Waals surface area contributed by atoms with Gasteiger partial charge in [-0.05, 0) is 57.7 Å². The van der Waals surface area contributed by atoms with Gasteiger partial charge < -0.3 is 4.90 Å². The van der Waals surface area contributed by atoms with Crippen molar-refractivity contribution in [3.05, 3.63) is 41.0 Å². The molecule has 25 heavy (non-hydrogen) atoms. The summed E-state index contributed by atoms with van der Waals surface area (Å²) in [5.74, 6) is 2.20. The molecule has 1 unspecified atom stereocenters. The Hall–Kier alpha value is -2.68. The van der Waals surface area contributed by atoms with Crippen molar-refractivity contribution in [2.24, 2.45) is 5.92 Å². The van der Waals surface area contributed by atoms with Gasteiger partial charge in [-0.3, -0.25) is 4.79 Å². The van der Waals surface area contributed by atoms with Gasteiger partial charge in [-0.15, -0.1) is 0 Å². The van der Waals surface area contributed by atoms with Gasteiger partial charge in [-0.25, -0.2) is 9.67 Å². The topological polar surface area (TPSA) is 74.8 Å². The SMILES string of the molecule is CC(=O)c1ccc(C#N)c(N2CCCC(Cn3nc(C)nc3C)C2)c1. The molecular weight excluding hydrogens is 314 g/mol. The van der Waals surface area contributed by atoms with Crippen molar-refractivity contribution in [1.82, 2.24) is 14.8 Å². The summed E-state index contributed by atoms with van der Waals surface area (Å²) >= 11 is 0. The summed E-state index contributed by atoms with van der Waals surface area (Å²) in [5, 5.41) is 13.9. The van der Waals surface area contributed by atoms with E-state index in [1.54, 1.807) is 19.1 Å². The molecule has 1 aromatic heterocycles. The zero-order chi connectivity index (χ0) is 18.0. The number of nitriles is 1. The number of nitrogens with zero attached hydrogens (tertiary/aromatic N) is 5. The van der Waals surface area contributed by atoms with Gasteiger partial charge in [0, 0.05) is 25.2 Å². The van der Waals surface area contributed by atoms with Gasteiger partial charge in [-0.2, -0.15) is 10.4 Å². The van der Waals surface area contributed by atoms with Crippen LogP contribution >= 0.6 is 0 Å². The van der Waals surface area contributed by atoms with Crippen molar-refractivity contribution in [3.8, 4) is 6.07 Å². The molecule has 0 bridgehead atoms. The number of piperidine rings is 1. The molecule has 1 fully saturated rings. The van der Waals surface area contributed by atoms with Crippen molar-refractivity contribution in [2.75, 3.05) is 18.0 Å². The van der Waals surface area contributed by atoms with E-state index in [0.717, 1.165) is 49.8 Å². The lowest BCUT2D eigenvalue weighted by Crippen LogP contribution is -2.37. The van der Waals surface area contributed by atoms with Crippen LogP contribution in [0.15, 0.2) is 18.2 Å². The van der Waals surface area contributed by atoms with Gasteiger partial charge in [0.25, 0.3) is 0 Å². The fraction of sp³-hybridized carbons (Fsp3) is 0.474. The van der Waals surface area contributed by atoms with Gasteiger partial charge in [-0.1, -0.05) is 0 Å². The number of benzene rings is 1. The number of Topliss-reactive ketones (excluding diaryl/α,β-unsaturated/α-hetero) is 1. The first-order chi connectivity index (χ1) is 12.0. The summed E-state index contributed by atoms with van der Waals surface area (Å²) in [4.78, 5) is 18.3. The maximum atomic E-state index is 11.7. The van der Waals surface area contributed by atoms with Crippen LogP contribution in [0.2, 0.25) is 0 Å². The van der Waals surface area contributed by atoms with Gasteiger partial charge in [0.15, 0.2) is 5.78 Å². The Labute approximate surface area is 148 Å². The van der Waals surface area contributed by atoms with Crippen LogP contribution in [0.3, 0.4) is 0 Å². The first-order valence-corrected chi connectivity index (χ1v) is 8.66. The molecule has 6 heteroatoms. The number of carbonyl (C=O) groups excluding carboxylic acids is 1. The van der Waals surface area contributed by atoms with E-state index in [0.29, 0.717) is 17.0 Å². The maximum absolute atomic E-state index is 11.7. The first-order valence-electron chi connectivity index (χ1n) is 8.66. The number of ketones is 1. The molecule has 1 aromatic carbocycles. The van der Waals surface area contributed by atoms with E-state index in [2.05, 4.69) is 21.1 Å². The average Bonchev–Trinajstić information content (AvgIpc) is 2.91. The molecule has 0 spiro atoms. The normalized spacial score (nSPS) is 17.4. The van der Waals surface area contributed by atoms with Crippen molar-refractivity contribution < 1.29 is 4.79 Å². The first kappa shape index (κ1) is 17.2. The highest BCUT2D eigenvalue weighted by molar-refractivity contribution is 5.95. The second-order valence-corrected chi connectivity index (χ2v) is 6.74. The number of anilines is 1. The second kappa shape index (κ2) is 7.06. The quantitative estimate of drug-likeness (QED) is 0.802. The molecule has 2 aromatic rings. The molecule has 0 saturated carbocycles. The van der Waals surface area contributed by atoms with Crippen LogP contribution in [-0.4, -0.2) is 33.6 Å². The van der Waals surface area contributed by atoms with Crippen LogP contribution in [0.25, 0.3) is 0 Å².